The van der Waals surface area contributed by atoms with Gasteiger partial charge in [-0.15, -0.1) is 17.5 Å². The second kappa shape index (κ2) is 8.01. The van der Waals surface area contributed by atoms with Gasteiger partial charge in [0.1, 0.15) is 0 Å². The number of carbonyl (C=O) groups is 1. The maximum Gasteiger partial charge on any atom is 0.276 e. The van der Waals surface area contributed by atoms with E-state index in [4.69, 9.17) is 4.74 Å². The van der Waals surface area contributed by atoms with Gasteiger partial charge in [-0.3, -0.25) is 4.79 Å². The molecule has 1 aliphatic heterocycles. The minimum Gasteiger partial charge on any atom is -0.378 e. The van der Waals surface area contributed by atoms with Crippen LogP contribution in [-0.4, -0.2) is 64.7 Å². The summed E-state index contributed by atoms with van der Waals surface area (Å²) in [6.45, 7) is 9.03. The average Bonchev–Trinajstić information content (AvgIpc) is 3.08. The number of halogens is 1. The molecule has 1 aromatic heterocycles. The molecule has 1 aromatic rings. The summed E-state index contributed by atoms with van der Waals surface area (Å²) in [5, 5.41) is 11.7. The highest BCUT2D eigenvalue weighted by molar-refractivity contribution is 5.92. The monoisotopic (exact) mass is 371 g/mol. The highest BCUT2D eigenvalue weighted by Crippen LogP contribution is 2.45. The van der Waals surface area contributed by atoms with Crippen molar-refractivity contribution in [2.45, 2.75) is 58.2 Å². The molecule has 142 valence electrons. The van der Waals surface area contributed by atoms with Gasteiger partial charge in [-0.2, -0.15) is 0 Å². The van der Waals surface area contributed by atoms with E-state index in [-0.39, 0.29) is 35.9 Å². The Labute approximate surface area is 155 Å². The molecule has 2 atom stereocenters. The Morgan fingerprint density at radius 2 is 2.12 bits per heavy atom. The smallest absolute Gasteiger partial charge is 0.276 e. The molecule has 2 unspecified atom stereocenters. The lowest BCUT2D eigenvalue weighted by molar-refractivity contribution is -0.136. The summed E-state index contributed by atoms with van der Waals surface area (Å²) < 4.78 is 7.62. The van der Waals surface area contributed by atoms with E-state index in [0.717, 1.165) is 32.4 Å². The molecule has 25 heavy (non-hydrogen) atoms. The molecular formula is C17H30ClN5O2. The number of amides is 1. The van der Waals surface area contributed by atoms with Crippen molar-refractivity contribution in [2.75, 3.05) is 26.7 Å². The summed E-state index contributed by atoms with van der Waals surface area (Å²) in [4.78, 5) is 14.6. The van der Waals surface area contributed by atoms with Crippen LogP contribution in [-0.2, 0) is 4.74 Å². The molecule has 2 aliphatic rings. The molecule has 2 heterocycles. The highest BCUT2D eigenvalue weighted by atomic mass is 35.5. The van der Waals surface area contributed by atoms with Gasteiger partial charge < -0.3 is 15.0 Å². The van der Waals surface area contributed by atoms with Crippen LogP contribution in [0.2, 0.25) is 0 Å². The lowest BCUT2D eigenvalue weighted by Gasteiger charge is -2.54. The average molecular weight is 372 g/mol. The van der Waals surface area contributed by atoms with Gasteiger partial charge in [-0.1, -0.05) is 19.1 Å². The third kappa shape index (κ3) is 3.83. The standard InChI is InChI=1S/C17H29N5O2.ClH/c1-5-24-15-10-14(17(15,2)3)21(4)16(23)13-11-22(20-19-13)12-6-8-18-9-7-12;/h11-12,14-15,18H,5-10H2,1-4H3;1H. The van der Waals surface area contributed by atoms with E-state index >= 15 is 0 Å². The van der Waals surface area contributed by atoms with Crippen molar-refractivity contribution in [3.63, 3.8) is 0 Å². The Morgan fingerprint density at radius 3 is 2.72 bits per heavy atom. The first-order valence-electron chi connectivity index (χ1n) is 8.96. The first kappa shape index (κ1) is 20.1. The molecule has 2 fully saturated rings. The van der Waals surface area contributed by atoms with E-state index in [0.29, 0.717) is 18.3 Å². The number of hydrogen-bond acceptors (Lipinski definition) is 5. The van der Waals surface area contributed by atoms with Gasteiger partial charge in [0.25, 0.3) is 5.91 Å². The lowest BCUT2D eigenvalue weighted by atomic mass is 9.63. The van der Waals surface area contributed by atoms with Crippen LogP contribution in [0.4, 0.5) is 0 Å². The van der Waals surface area contributed by atoms with Gasteiger partial charge >= 0.3 is 0 Å². The van der Waals surface area contributed by atoms with E-state index < -0.39 is 0 Å². The second-order valence-electron chi connectivity index (χ2n) is 7.50. The predicted molar refractivity (Wildman–Crippen MR) is 98.1 cm³/mol. The van der Waals surface area contributed by atoms with Gasteiger partial charge in [0.2, 0.25) is 0 Å². The fraction of sp³-hybridized carbons (Fsp3) is 0.824. The Kier molecular flexibility index (Phi) is 6.45. The number of nitrogens with zero attached hydrogens (tertiary/aromatic N) is 4. The van der Waals surface area contributed by atoms with Crippen molar-refractivity contribution < 1.29 is 9.53 Å². The zero-order valence-corrected chi connectivity index (χ0v) is 16.4. The zero-order chi connectivity index (χ0) is 17.3. The fourth-order valence-corrected chi connectivity index (χ4v) is 3.95. The summed E-state index contributed by atoms with van der Waals surface area (Å²) >= 11 is 0. The van der Waals surface area contributed by atoms with Crippen LogP contribution in [0, 0.1) is 5.41 Å². The summed E-state index contributed by atoms with van der Waals surface area (Å²) in [5.74, 6) is -0.0526. The zero-order valence-electron chi connectivity index (χ0n) is 15.6. The highest BCUT2D eigenvalue weighted by Gasteiger charge is 2.52. The van der Waals surface area contributed by atoms with Crippen LogP contribution in [0.5, 0.6) is 0 Å². The number of carbonyl (C=O) groups excluding carboxylic acids is 1. The topological polar surface area (TPSA) is 72.3 Å². The first-order valence-corrected chi connectivity index (χ1v) is 8.96. The largest absolute Gasteiger partial charge is 0.378 e. The Balaban J connectivity index is 0.00000225. The number of aromatic nitrogens is 3. The SMILES string of the molecule is CCOC1CC(N(C)C(=O)c2cn(C3CCNCC3)nn2)C1(C)C.Cl. The summed E-state index contributed by atoms with van der Waals surface area (Å²) in [6.07, 6.45) is 4.96. The van der Waals surface area contributed by atoms with Crippen LogP contribution in [0.3, 0.4) is 0 Å². The molecule has 1 saturated heterocycles. The van der Waals surface area contributed by atoms with Crippen LogP contribution >= 0.6 is 12.4 Å². The quantitative estimate of drug-likeness (QED) is 0.855. The maximum absolute atomic E-state index is 12.8. The molecule has 8 heteroatoms. The van der Waals surface area contributed by atoms with Gasteiger partial charge in [-0.05, 0) is 39.3 Å². The van der Waals surface area contributed by atoms with Crippen molar-refractivity contribution in [1.29, 1.82) is 0 Å². The third-order valence-corrected chi connectivity index (χ3v) is 5.69. The van der Waals surface area contributed by atoms with Crippen molar-refractivity contribution >= 4 is 18.3 Å². The molecular weight excluding hydrogens is 342 g/mol. The first-order chi connectivity index (χ1) is 11.4. The Morgan fingerprint density at radius 1 is 1.44 bits per heavy atom. The minimum atomic E-state index is -0.0526. The van der Waals surface area contributed by atoms with E-state index in [1.54, 1.807) is 6.20 Å². The normalized spacial score (nSPS) is 25.8. The molecule has 0 spiro atoms. The number of rotatable bonds is 5. The van der Waals surface area contributed by atoms with Crippen LogP contribution < -0.4 is 5.32 Å². The molecule has 0 radical (unpaired) electrons. The summed E-state index contributed by atoms with van der Waals surface area (Å²) in [6, 6.07) is 0.513. The molecule has 0 aromatic carbocycles. The number of hydrogen-bond donors (Lipinski definition) is 1. The second-order valence-corrected chi connectivity index (χ2v) is 7.50. The molecule has 1 aliphatic carbocycles. The van der Waals surface area contributed by atoms with Crippen LogP contribution in [0.15, 0.2) is 6.20 Å². The van der Waals surface area contributed by atoms with Gasteiger partial charge in [-0.25, -0.2) is 4.68 Å². The third-order valence-electron chi connectivity index (χ3n) is 5.69. The summed E-state index contributed by atoms with van der Waals surface area (Å²) in [7, 11) is 1.86. The van der Waals surface area contributed by atoms with E-state index in [1.165, 1.54) is 0 Å². The van der Waals surface area contributed by atoms with Crippen LogP contribution in [0.1, 0.15) is 56.6 Å². The number of nitrogens with one attached hydrogen (secondary N) is 1. The van der Waals surface area contributed by atoms with E-state index in [1.807, 2.05) is 23.6 Å². The van der Waals surface area contributed by atoms with E-state index in [2.05, 4.69) is 29.5 Å². The van der Waals surface area contributed by atoms with Crippen molar-refractivity contribution in [1.82, 2.24) is 25.2 Å². The van der Waals surface area contributed by atoms with Crippen molar-refractivity contribution in [2.24, 2.45) is 5.41 Å². The van der Waals surface area contributed by atoms with Crippen LogP contribution in [0.25, 0.3) is 0 Å². The summed E-state index contributed by atoms with van der Waals surface area (Å²) in [5.41, 5.74) is 0.400. The molecule has 1 amide bonds. The predicted octanol–water partition coefficient (Wildman–Crippen LogP) is 1.90. The molecule has 7 nitrogen and oxygen atoms in total. The maximum atomic E-state index is 12.8. The van der Waals surface area contributed by atoms with E-state index in [9.17, 15) is 4.79 Å². The Hall–Kier alpha value is -1.18. The van der Waals surface area contributed by atoms with Gasteiger partial charge in [0.15, 0.2) is 5.69 Å². The molecule has 1 saturated carbocycles. The van der Waals surface area contributed by atoms with Crippen molar-refractivity contribution in [3.05, 3.63) is 11.9 Å². The fourth-order valence-electron chi connectivity index (χ4n) is 3.95. The molecule has 0 bridgehead atoms. The number of piperidine rings is 1. The van der Waals surface area contributed by atoms with Gasteiger partial charge in [0.05, 0.1) is 18.3 Å². The van der Waals surface area contributed by atoms with Crippen molar-refractivity contribution in [3.8, 4) is 0 Å². The van der Waals surface area contributed by atoms with Gasteiger partial charge in [0, 0.05) is 25.1 Å². The number of ether oxygens (including phenoxy) is 1. The molecule has 1 N–H and O–H groups in total. The molecule has 3 rings (SSSR count). The minimum absolute atomic E-state index is 0. The lowest BCUT2D eigenvalue weighted by Crippen LogP contribution is -2.62. The Bertz CT molecular complexity index is 585.